The topological polar surface area (TPSA) is 76.7 Å². The SMILES string of the molecule is Cc1ccccc1CNC(=O)C1(C(=O)NCc2ccc3c(c2)OCO3)CC1. The molecule has 0 aromatic heterocycles. The van der Waals surface area contributed by atoms with E-state index in [2.05, 4.69) is 10.6 Å². The smallest absolute Gasteiger partial charge is 0.235 e. The third kappa shape index (κ3) is 3.47. The molecule has 140 valence electrons. The van der Waals surface area contributed by atoms with Gasteiger partial charge in [-0.1, -0.05) is 30.3 Å². The molecule has 0 saturated heterocycles. The van der Waals surface area contributed by atoms with Crippen LogP contribution in [0.25, 0.3) is 0 Å². The third-order valence-corrected chi connectivity index (χ3v) is 5.21. The Morgan fingerprint density at radius 3 is 2.41 bits per heavy atom. The van der Waals surface area contributed by atoms with Crippen molar-refractivity contribution in [2.24, 2.45) is 5.41 Å². The molecule has 2 amide bonds. The van der Waals surface area contributed by atoms with Crippen molar-refractivity contribution in [1.29, 1.82) is 0 Å². The number of amides is 2. The molecule has 0 spiro atoms. The molecule has 1 aliphatic heterocycles. The van der Waals surface area contributed by atoms with Crippen LogP contribution < -0.4 is 20.1 Å². The number of nitrogens with one attached hydrogen (secondary N) is 2. The van der Waals surface area contributed by atoms with Gasteiger partial charge in [-0.05, 0) is 48.6 Å². The minimum Gasteiger partial charge on any atom is -0.454 e. The van der Waals surface area contributed by atoms with Gasteiger partial charge in [0.2, 0.25) is 18.6 Å². The van der Waals surface area contributed by atoms with Gasteiger partial charge in [-0.25, -0.2) is 0 Å². The van der Waals surface area contributed by atoms with Crippen molar-refractivity contribution in [3.05, 3.63) is 59.2 Å². The maximum atomic E-state index is 12.6. The van der Waals surface area contributed by atoms with Crippen LogP contribution in [0.1, 0.15) is 29.5 Å². The fourth-order valence-electron chi connectivity index (χ4n) is 3.24. The van der Waals surface area contributed by atoms with Gasteiger partial charge in [-0.15, -0.1) is 0 Å². The van der Waals surface area contributed by atoms with Crippen LogP contribution in [0.3, 0.4) is 0 Å². The first kappa shape index (κ1) is 17.4. The lowest BCUT2D eigenvalue weighted by Gasteiger charge is -2.16. The van der Waals surface area contributed by atoms with Crippen LogP contribution in [0.2, 0.25) is 0 Å². The first-order valence-corrected chi connectivity index (χ1v) is 9.08. The summed E-state index contributed by atoms with van der Waals surface area (Å²) >= 11 is 0. The van der Waals surface area contributed by atoms with Gasteiger partial charge in [0.15, 0.2) is 11.5 Å². The van der Waals surface area contributed by atoms with E-state index in [4.69, 9.17) is 9.47 Å². The van der Waals surface area contributed by atoms with Crippen LogP contribution in [0.5, 0.6) is 11.5 Å². The summed E-state index contributed by atoms with van der Waals surface area (Å²) in [4.78, 5) is 25.2. The summed E-state index contributed by atoms with van der Waals surface area (Å²) < 4.78 is 10.6. The predicted molar refractivity (Wildman–Crippen MR) is 99.1 cm³/mol. The van der Waals surface area contributed by atoms with Crippen molar-refractivity contribution >= 4 is 11.8 Å². The predicted octanol–water partition coefficient (Wildman–Crippen LogP) is 2.44. The summed E-state index contributed by atoms with van der Waals surface area (Å²) in [6.45, 7) is 3.01. The van der Waals surface area contributed by atoms with E-state index in [0.29, 0.717) is 37.4 Å². The molecule has 4 rings (SSSR count). The number of rotatable bonds is 6. The Kier molecular flexibility index (Phi) is 4.48. The second-order valence-corrected chi connectivity index (χ2v) is 7.06. The van der Waals surface area contributed by atoms with Gasteiger partial charge >= 0.3 is 0 Å². The number of hydrogen-bond acceptors (Lipinski definition) is 4. The largest absolute Gasteiger partial charge is 0.454 e. The first-order chi connectivity index (χ1) is 13.1. The van der Waals surface area contributed by atoms with Crippen molar-refractivity contribution in [3.63, 3.8) is 0 Å². The highest BCUT2D eigenvalue weighted by atomic mass is 16.7. The monoisotopic (exact) mass is 366 g/mol. The van der Waals surface area contributed by atoms with Crippen LogP contribution in [-0.4, -0.2) is 18.6 Å². The highest BCUT2D eigenvalue weighted by molar-refractivity contribution is 6.07. The number of carbonyl (C=O) groups is 2. The fraction of sp³-hybridized carbons (Fsp3) is 0.333. The molecule has 0 unspecified atom stereocenters. The van der Waals surface area contributed by atoms with Gasteiger partial charge in [0.05, 0.1) is 0 Å². The van der Waals surface area contributed by atoms with Crippen LogP contribution in [0.4, 0.5) is 0 Å². The van der Waals surface area contributed by atoms with Gasteiger partial charge in [0, 0.05) is 13.1 Å². The highest BCUT2D eigenvalue weighted by Gasteiger charge is 2.56. The Hall–Kier alpha value is -3.02. The molecule has 0 radical (unpaired) electrons. The van der Waals surface area contributed by atoms with Crippen LogP contribution in [-0.2, 0) is 22.7 Å². The van der Waals surface area contributed by atoms with Crippen molar-refractivity contribution in [2.45, 2.75) is 32.9 Å². The number of ether oxygens (including phenoxy) is 2. The van der Waals surface area contributed by atoms with Gasteiger partial charge in [-0.3, -0.25) is 9.59 Å². The van der Waals surface area contributed by atoms with E-state index >= 15 is 0 Å². The Morgan fingerprint density at radius 1 is 0.963 bits per heavy atom. The third-order valence-electron chi connectivity index (χ3n) is 5.21. The van der Waals surface area contributed by atoms with Gasteiger partial charge in [-0.2, -0.15) is 0 Å². The molecule has 2 aliphatic rings. The summed E-state index contributed by atoms with van der Waals surface area (Å²) in [5.41, 5.74) is 2.15. The molecule has 6 heteroatoms. The van der Waals surface area contributed by atoms with Crippen molar-refractivity contribution in [3.8, 4) is 11.5 Å². The van der Waals surface area contributed by atoms with E-state index in [1.165, 1.54) is 0 Å². The second kappa shape index (κ2) is 6.95. The second-order valence-electron chi connectivity index (χ2n) is 7.06. The maximum absolute atomic E-state index is 12.6. The molecule has 6 nitrogen and oxygen atoms in total. The number of fused-ring (bicyclic) bond motifs is 1. The van der Waals surface area contributed by atoms with E-state index in [9.17, 15) is 9.59 Å². The van der Waals surface area contributed by atoms with Crippen molar-refractivity contribution in [1.82, 2.24) is 10.6 Å². The lowest BCUT2D eigenvalue weighted by molar-refractivity contribution is -0.137. The quantitative estimate of drug-likeness (QED) is 0.770. The molecule has 2 aromatic rings. The minimum atomic E-state index is -0.932. The molecule has 1 aliphatic carbocycles. The molecular formula is C21H22N2O4. The zero-order chi connectivity index (χ0) is 18.9. The van der Waals surface area contributed by atoms with Gasteiger partial charge in [0.25, 0.3) is 0 Å². The molecule has 0 bridgehead atoms. The van der Waals surface area contributed by atoms with E-state index in [-0.39, 0.29) is 18.6 Å². The zero-order valence-electron chi connectivity index (χ0n) is 15.2. The van der Waals surface area contributed by atoms with Crippen LogP contribution in [0, 0.1) is 12.3 Å². The lowest BCUT2D eigenvalue weighted by atomic mass is 10.0. The first-order valence-electron chi connectivity index (χ1n) is 9.08. The highest BCUT2D eigenvalue weighted by Crippen LogP contribution is 2.46. The molecule has 1 heterocycles. The summed E-state index contributed by atoms with van der Waals surface area (Å²) in [5, 5.41) is 5.81. The van der Waals surface area contributed by atoms with E-state index in [0.717, 1.165) is 16.7 Å². The summed E-state index contributed by atoms with van der Waals surface area (Å²) in [7, 11) is 0. The summed E-state index contributed by atoms with van der Waals surface area (Å²) in [5.74, 6) is 0.967. The molecule has 0 atom stereocenters. The van der Waals surface area contributed by atoms with E-state index in [1.54, 1.807) is 0 Å². The van der Waals surface area contributed by atoms with Crippen LogP contribution in [0.15, 0.2) is 42.5 Å². The number of hydrogen-bond donors (Lipinski definition) is 2. The standard InChI is InChI=1S/C21H22N2O4/c1-14-4-2-3-5-16(14)12-23-20(25)21(8-9-21)19(24)22-11-15-6-7-17-18(10-15)27-13-26-17/h2-7,10H,8-9,11-13H2,1H3,(H,22,24)(H,23,25). The van der Waals surface area contributed by atoms with E-state index < -0.39 is 5.41 Å². The number of aryl methyl sites for hydroxylation is 1. The molecular weight excluding hydrogens is 344 g/mol. The average Bonchev–Trinajstić information content (AvgIpc) is 3.37. The minimum absolute atomic E-state index is 0.200. The molecule has 2 N–H and O–H groups in total. The normalized spacial score (nSPS) is 15.9. The summed E-state index contributed by atoms with van der Waals surface area (Å²) in [6.07, 6.45) is 1.17. The Balaban J connectivity index is 1.34. The van der Waals surface area contributed by atoms with Gasteiger partial charge < -0.3 is 20.1 Å². The van der Waals surface area contributed by atoms with Crippen LogP contribution >= 0.6 is 0 Å². The van der Waals surface area contributed by atoms with Crippen molar-refractivity contribution in [2.75, 3.05) is 6.79 Å². The number of carbonyl (C=O) groups excluding carboxylic acids is 2. The maximum Gasteiger partial charge on any atom is 0.235 e. The summed E-state index contributed by atoms with van der Waals surface area (Å²) in [6, 6.07) is 13.4. The fourth-order valence-corrected chi connectivity index (χ4v) is 3.24. The number of benzene rings is 2. The zero-order valence-corrected chi connectivity index (χ0v) is 15.2. The molecule has 1 saturated carbocycles. The van der Waals surface area contributed by atoms with Crippen molar-refractivity contribution < 1.29 is 19.1 Å². The molecule has 27 heavy (non-hydrogen) atoms. The lowest BCUT2D eigenvalue weighted by Crippen LogP contribution is -2.42. The van der Waals surface area contributed by atoms with Gasteiger partial charge in [0.1, 0.15) is 5.41 Å². The Bertz CT molecular complexity index is 890. The Morgan fingerprint density at radius 2 is 1.67 bits per heavy atom. The molecule has 2 aromatic carbocycles. The molecule has 1 fully saturated rings. The van der Waals surface area contributed by atoms with E-state index in [1.807, 2.05) is 49.4 Å². The Labute approximate surface area is 157 Å². The average molecular weight is 366 g/mol.